The number of carbonyl (C=O) groups is 1. The molecule has 2 heterocycles. The van der Waals surface area contributed by atoms with Gasteiger partial charge in [-0.25, -0.2) is 13.4 Å². The van der Waals surface area contributed by atoms with Gasteiger partial charge in [-0.3, -0.25) is 9.69 Å². The fourth-order valence-corrected chi connectivity index (χ4v) is 5.67. The quantitative estimate of drug-likeness (QED) is 0.396. The maximum atomic E-state index is 13.4. The summed E-state index contributed by atoms with van der Waals surface area (Å²) in [6.45, 7) is 0.548. The summed E-state index contributed by atoms with van der Waals surface area (Å²) < 4.78 is 25.1. The van der Waals surface area contributed by atoms with Gasteiger partial charge in [0.25, 0.3) is 0 Å². The predicted octanol–water partition coefficient (Wildman–Crippen LogP) is 3.32. The van der Waals surface area contributed by atoms with E-state index in [1.807, 2.05) is 36.4 Å². The molecule has 0 radical (unpaired) electrons. The Morgan fingerprint density at radius 3 is 2.66 bits per heavy atom. The molecule has 1 saturated heterocycles. The van der Waals surface area contributed by atoms with E-state index < -0.39 is 9.84 Å². The average Bonchev–Trinajstić information content (AvgIpc) is 3.36. The highest BCUT2D eigenvalue weighted by atomic mass is 127. The summed E-state index contributed by atoms with van der Waals surface area (Å²) in [4.78, 5) is 24.6. The highest BCUT2D eigenvalue weighted by Gasteiger charge is 2.38. The lowest BCUT2D eigenvalue weighted by molar-refractivity contribution is -0.123. The molecule has 0 aliphatic carbocycles. The molecule has 1 fully saturated rings. The van der Waals surface area contributed by atoms with E-state index in [1.54, 1.807) is 29.6 Å². The molecule has 4 rings (SSSR count). The molecule has 1 N–H and O–H groups in total. The molecule has 2 aromatic carbocycles. The molecular weight excluding hydrogens is 577 g/mol. The minimum Gasteiger partial charge on any atom is -0.347 e. The number of amides is 1. The Kier molecular flexibility index (Phi) is 7.88. The molecule has 0 saturated carbocycles. The van der Waals surface area contributed by atoms with Crippen LogP contribution < -0.4 is 4.90 Å². The summed E-state index contributed by atoms with van der Waals surface area (Å²) >= 11 is 2.22. The number of carbonyl (C=O) groups excluding carboxylic acids is 1. The average molecular weight is 603 g/mol. The van der Waals surface area contributed by atoms with Crippen molar-refractivity contribution in [1.82, 2.24) is 14.9 Å². The molecule has 0 bridgehead atoms. The largest absolute Gasteiger partial charge is 0.347 e. The number of rotatable bonds is 8. The molecule has 1 aliphatic rings. The number of benzene rings is 2. The number of piperazine rings is 1. The van der Waals surface area contributed by atoms with Gasteiger partial charge in [0.05, 0.1) is 42.0 Å². The number of H-pyrrole nitrogens is 1. The summed E-state index contributed by atoms with van der Waals surface area (Å²) in [6.07, 6.45) is 5.59. The lowest BCUT2D eigenvalue weighted by Gasteiger charge is -2.44. The number of sulfone groups is 1. The fraction of sp³-hybridized carbons (Fsp3) is 0.320. The Bertz CT molecular complexity index is 1320. The molecule has 35 heavy (non-hydrogen) atoms. The number of nitrogens with one attached hydrogen (secondary N) is 1. The van der Waals surface area contributed by atoms with Gasteiger partial charge in [-0.05, 0) is 71.3 Å². The maximum Gasteiger partial charge on any atom is 0.241 e. The Morgan fingerprint density at radius 2 is 2.03 bits per heavy atom. The topological polar surface area (TPSA) is 110 Å². The van der Waals surface area contributed by atoms with E-state index in [-0.39, 0.29) is 30.3 Å². The van der Waals surface area contributed by atoms with Crippen LogP contribution in [0.2, 0.25) is 0 Å². The molecule has 1 aliphatic heterocycles. The first kappa shape index (κ1) is 25.3. The van der Waals surface area contributed by atoms with Crippen molar-refractivity contribution < 1.29 is 13.2 Å². The Labute approximate surface area is 219 Å². The van der Waals surface area contributed by atoms with Crippen molar-refractivity contribution in [3.05, 3.63) is 81.4 Å². The van der Waals surface area contributed by atoms with Gasteiger partial charge in [0.1, 0.15) is 9.84 Å². The van der Waals surface area contributed by atoms with E-state index in [9.17, 15) is 13.2 Å². The van der Waals surface area contributed by atoms with Gasteiger partial charge in [-0.2, -0.15) is 5.26 Å². The highest BCUT2D eigenvalue weighted by Crippen LogP contribution is 2.32. The Balaban J connectivity index is 1.67. The van der Waals surface area contributed by atoms with Crippen LogP contribution in [0.5, 0.6) is 0 Å². The molecule has 8 nitrogen and oxygen atoms in total. The van der Waals surface area contributed by atoms with Crippen molar-refractivity contribution in [3.8, 4) is 6.07 Å². The van der Waals surface area contributed by atoms with E-state index >= 15 is 0 Å². The number of aromatic nitrogens is 2. The van der Waals surface area contributed by atoms with Crippen molar-refractivity contribution in [2.75, 3.05) is 30.0 Å². The zero-order valence-electron chi connectivity index (χ0n) is 19.3. The first-order chi connectivity index (χ1) is 16.7. The number of anilines is 1. The van der Waals surface area contributed by atoms with Crippen molar-refractivity contribution >= 4 is 44.0 Å². The third-order valence-corrected chi connectivity index (χ3v) is 7.86. The normalized spacial score (nSPS) is 17.8. The van der Waals surface area contributed by atoms with Gasteiger partial charge in [0.15, 0.2) is 0 Å². The van der Waals surface area contributed by atoms with Crippen molar-refractivity contribution in [2.24, 2.45) is 0 Å². The van der Waals surface area contributed by atoms with E-state index in [1.165, 1.54) is 6.26 Å². The minimum absolute atomic E-state index is 0.0352. The summed E-state index contributed by atoms with van der Waals surface area (Å²) in [5, 5.41) is 9.13. The zero-order valence-corrected chi connectivity index (χ0v) is 22.2. The third-order valence-electron chi connectivity index (χ3n) is 6.21. The van der Waals surface area contributed by atoms with E-state index in [4.69, 9.17) is 5.26 Å². The number of nitriles is 1. The number of aromatic amines is 1. The lowest BCUT2D eigenvalue weighted by Crippen LogP contribution is -2.58. The first-order valence-corrected chi connectivity index (χ1v) is 14.3. The number of nitrogens with zero attached hydrogens (tertiary/aromatic N) is 4. The number of imidazole rings is 1. The second-order valence-corrected chi connectivity index (χ2v) is 12.3. The van der Waals surface area contributed by atoms with Crippen molar-refractivity contribution in [2.45, 2.75) is 24.9 Å². The van der Waals surface area contributed by atoms with Crippen molar-refractivity contribution in [3.63, 3.8) is 0 Å². The molecule has 10 heteroatoms. The van der Waals surface area contributed by atoms with Gasteiger partial charge in [-0.15, -0.1) is 0 Å². The van der Waals surface area contributed by atoms with Crippen LogP contribution in [0.1, 0.15) is 29.3 Å². The maximum absolute atomic E-state index is 13.4. The predicted molar refractivity (Wildman–Crippen MR) is 143 cm³/mol. The van der Waals surface area contributed by atoms with Crippen LogP contribution in [0.3, 0.4) is 0 Å². The summed E-state index contributed by atoms with van der Waals surface area (Å²) in [5.41, 5.74) is 3.27. The Morgan fingerprint density at radius 1 is 1.26 bits per heavy atom. The second kappa shape index (κ2) is 10.9. The fourth-order valence-electron chi connectivity index (χ4n) is 4.45. The van der Waals surface area contributed by atoms with Crippen LogP contribution in [0.15, 0.2) is 61.1 Å². The summed E-state index contributed by atoms with van der Waals surface area (Å²) in [7, 11) is -3.18. The molecule has 1 amide bonds. The second-order valence-electron chi connectivity index (χ2n) is 8.76. The highest BCUT2D eigenvalue weighted by molar-refractivity contribution is 14.1. The van der Waals surface area contributed by atoms with Gasteiger partial charge < -0.3 is 9.88 Å². The molecule has 1 aromatic heterocycles. The number of hydrogen-bond acceptors (Lipinski definition) is 6. The van der Waals surface area contributed by atoms with Crippen molar-refractivity contribution in [1.29, 1.82) is 5.26 Å². The smallest absolute Gasteiger partial charge is 0.241 e. The van der Waals surface area contributed by atoms with Crippen LogP contribution in [0.25, 0.3) is 0 Å². The lowest BCUT2D eigenvalue weighted by atomic mass is 9.97. The molecule has 182 valence electrons. The molecule has 1 unspecified atom stereocenters. The zero-order chi connectivity index (χ0) is 25.0. The molecule has 2 atom stereocenters. The van der Waals surface area contributed by atoms with Gasteiger partial charge in [0.2, 0.25) is 5.91 Å². The summed E-state index contributed by atoms with van der Waals surface area (Å²) in [5.74, 6) is 0.00156. The standard InChI is InChI=1S/C25H26IN5O3S/c1-35(33,34)10-9-22-15-31(21-4-2-3-20(26)12-21)25(32)16-30(22)24(23-14-28-17-29-23)11-18-5-7-19(13-27)8-6-18/h2-8,12,14,17,22,24H,9-11,15-16H2,1H3,(H,28,29)/t22?,24-/m0/s1. The number of halogens is 1. The monoisotopic (exact) mass is 603 g/mol. The van der Waals surface area contributed by atoms with E-state index in [0.29, 0.717) is 24.9 Å². The Hall–Kier alpha value is -2.75. The molecular formula is C25H26IN5O3S. The van der Waals surface area contributed by atoms with E-state index in [0.717, 1.165) is 20.5 Å². The van der Waals surface area contributed by atoms with Crippen LogP contribution >= 0.6 is 22.6 Å². The first-order valence-electron chi connectivity index (χ1n) is 11.2. The van der Waals surface area contributed by atoms with Crippen LogP contribution in [0.4, 0.5) is 5.69 Å². The number of hydrogen-bond donors (Lipinski definition) is 1. The van der Waals surface area contributed by atoms with Gasteiger partial charge in [0, 0.05) is 34.3 Å². The molecule has 0 spiro atoms. The van der Waals surface area contributed by atoms with Gasteiger partial charge in [-0.1, -0.05) is 18.2 Å². The van der Waals surface area contributed by atoms with Gasteiger partial charge >= 0.3 is 0 Å². The van der Waals surface area contributed by atoms with E-state index in [2.05, 4.69) is 43.5 Å². The summed E-state index contributed by atoms with van der Waals surface area (Å²) in [6, 6.07) is 16.9. The molecule has 3 aromatic rings. The van der Waals surface area contributed by atoms with Crippen LogP contribution in [-0.4, -0.2) is 60.3 Å². The third kappa shape index (κ3) is 6.48. The SMILES string of the molecule is CS(=O)(=O)CCC1CN(c2cccc(I)c2)C(=O)CN1[C@@H](Cc1ccc(C#N)cc1)c1cnc[nH]1. The minimum atomic E-state index is -3.18. The van der Waals surface area contributed by atoms with Crippen LogP contribution in [-0.2, 0) is 21.1 Å². The van der Waals surface area contributed by atoms with Crippen LogP contribution in [0, 0.1) is 14.9 Å².